The Morgan fingerprint density at radius 2 is 2.06 bits per heavy atom. The smallest absolute Gasteiger partial charge is 0.0205 e. The van der Waals surface area contributed by atoms with E-state index >= 15 is 0 Å². The zero-order valence-corrected chi connectivity index (χ0v) is 11.0. The van der Waals surface area contributed by atoms with Gasteiger partial charge in [0, 0.05) is 6.54 Å². The van der Waals surface area contributed by atoms with Crippen LogP contribution >= 0.6 is 0 Å². The summed E-state index contributed by atoms with van der Waals surface area (Å²) in [7, 11) is 0. The van der Waals surface area contributed by atoms with Crippen molar-refractivity contribution in [3.63, 3.8) is 0 Å². The lowest BCUT2D eigenvalue weighted by Gasteiger charge is -2.07. The van der Waals surface area contributed by atoms with Gasteiger partial charge in [0.2, 0.25) is 0 Å². The molecule has 17 heavy (non-hydrogen) atoms. The summed E-state index contributed by atoms with van der Waals surface area (Å²) in [5, 5.41) is 3.61. The van der Waals surface area contributed by atoms with Gasteiger partial charge in [0.1, 0.15) is 0 Å². The van der Waals surface area contributed by atoms with Gasteiger partial charge in [-0.2, -0.15) is 0 Å². The SMILES string of the molecule is CC1(C)CC1CNCc1cccc(C2CC2)c1. The van der Waals surface area contributed by atoms with E-state index in [1.54, 1.807) is 5.56 Å². The predicted octanol–water partition coefficient (Wildman–Crippen LogP) is 3.70. The Bertz CT molecular complexity index is 404. The van der Waals surface area contributed by atoms with E-state index < -0.39 is 0 Å². The molecule has 1 nitrogen and oxygen atoms in total. The zero-order valence-electron chi connectivity index (χ0n) is 11.0. The van der Waals surface area contributed by atoms with E-state index in [2.05, 4.69) is 43.4 Å². The van der Waals surface area contributed by atoms with Crippen LogP contribution in [0.1, 0.15) is 50.2 Å². The van der Waals surface area contributed by atoms with Crippen molar-refractivity contribution in [2.45, 2.75) is 45.6 Å². The second kappa shape index (κ2) is 4.13. The van der Waals surface area contributed by atoms with Gasteiger partial charge in [-0.1, -0.05) is 38.1 Å². The van der Waals surface area contributed by atoms with Crippen molar-refractivity contribution < 1.29 is 0 Å². The summed E-state index contributed by atoms with van der Waals surface area (Å²) in [6.07, 6.45) is 4.18. The molecule has 2 fully saturated rings. The summed E-state index contributed by atoms with van der Waals surface area (Å²) < 4.78 is 0. The fourth-order valence-corrected chi connectivity index (χ4v) is 2.69. The highest BCUT2D eigenvalue weighted by atomic mass is 14.9. The third-order valence-corrected chi connectivity index (χ3v) is 4.44. The molecular weight excluding hydrogens is 206 g/mol. The maximum atomic E-state index is 3.61. The van der Waals surface area contributed by atoms with Crippen molar-refractivity contribution in [1.29, 1.82) is 0 Å². The highest BCUT2D eigenvalue weighted by Crippen LogP contribution is 2.51. The summed E-state index contributed by atoms with van der Waals surface area (Å²) in [6, 6.07) is 9.14. The fraction of sp³-hybridized carbons (Fsp3) is 0.625. The first-order valence-electron chi connectivity index (χ1n) is 6.95. The van der Waals surface area contributed by atoms with Crippen molar-refractivity contribution >= 4 is 0 Å². The lowest BCUT2D eigenvalue weighted by Crippen LogP contribution is -2.18. The number of nitrogens with one attached hydrogen (secondary N) is 1. The predicted molar refractivity (Wildman–Crippen MR) is 72.0 cm³/mol. The van der Waals surface area contributed by atoms with Crippen LogP contribution in [0.3, 0.4) is 0 Å². The molecule has 0 saturated heterocycles. The van der Waals surface area contributed by atoms with Crippen LogP contribution in [0.2, 0.25) is 0 Å². The van der Waals surface area contributed by atoms with Crippen LogP contribution in [0.15, 0.2) is 24.3 Å². The molecule has 1 unspecified atom stereocenters. The minimum atomic E-state index is 0.600. The van der Waals surface area contributed by atoms with Crippen molar-refractivity contribution in [1.82, 2.24) is 5.32 Å². The number of hydrogen-bond donors (Lipinski definition) is 1. The van der Waals surface area contributed by atoms with Crippen molar-refractivity contribution in [2.75, 3.05) is 6.54 Å². The van der Waals surface area contributed by atoms with E-state index in [0.29, 0.717) is 5.41 Å². The largest absolute Gasteiger partial charge is 0.312 e. The van der Waals surface area contributed by atoms with Gasteiger partial charge in [0.15, 0.2) is 0 Å². The quantitative estimate of drug-likeness (QED) is 0.812. The highest BCUT2D eigenvalue weighted by Gasteiger charge is 2.44. The topological polar surface area (TPSA) is 12.0 Å². The second-order valence-electron chi connectivity index (χ2n) is 6.54. The van der Waals surface area contributed by atoms with E-state index in [-0.39, 0.29) is 0 Å². The molecule has 1 heteroatoms. The molecule has 0 aromatic heterocycles. The molecule has 0 aliphatic heterocycles. The third kappa shape index (κ3) is 2.71. The summed E-state index contributed by atoms with van der Waals surface area (Å²) in [6.45, 7) is 6.95. The number of benzene rings is 1. The fourth-order valence-electron chi connectivity index (χ4n) is 2.69. The van der Waals surface area contributed by atoms with Crippen LogP contribution in [0.5, 0.6) is 0 Å². The van der Waals surface area contributed by atoms with Gasteiger partial charge >= 0.3 is 0 Å². The maximum Gasteiger partial charge on any atom is 0.0205 e. The molecule has 0 radical (unpaired) electrons. The van der Waals surface area contributed by atoms with Crippen LogP contribution in [-0.2, 0) is 6.54 Å². The Hall–Kier alpha value is -0.820. The molecule has 0 spiro atoms. The van der Waals surface area contributed by atoms with Gasteiger partial charge in [0.25, 0.3) is 0 Å². The molecule has 0 bridgehead atoms. The molecule has 1 atom stereocenters. The lowest BCUT2D eigenvalue weighted by atomic mass is 10.1. The summed E-state index contributed by atoms with van der Waals surface area (Å²) in [5.74, 6) is 1.77. The molecular formula is C16H23N. The molecule has 1 aromatic carbocycles. The Labute approximate surface area is 105 Å². The Morgan fingerprint density at radius 3 is 2.71 bits per heavy atom. The van der Waals surface area contributed by atoms with Crippen LogP contribution in [0.25, 0.3) is 0 Å². The average Bonchev–Trinajstić information content (AvgIpc) is 3.18. The van der Waals surface area contributed by atoms with Gasteiger partial charge in [-0.3, -0.25) is 0 Å². The van der Waals surface area contributed by atoms with Crippen LogP contribution in [-0.4, -0.2) is 6.54 Å². The first-order chi connectivity index (χ1) is 8.15. The minimum Gasteiger partial charge on any atom is -0.312 e. The number of rotatable bonds is 5. The molecule has 2 aliphatic carbocycles. The highest BCUT2D eigenvalue weighted by molar-refractivity contribution is 5.29. The normalized spacial score (nSPS) is 25.9. The first-order valence-corrected chi connectivity index (χ1v) is 6.95. The summed E-state index contributed by atoms with van der Waals surface area (Å²) in [4.78, 5) is 0. The average molecular weight is 229 g/mol. The Morgan fingerprint density at radius 1 is 1.29 bits per heavy atom. The monoisotopic (exact) mass is 229 g/mol. The number of hydrogen-bond acceptors (Lipinski definition) is 1. The molecule has 0 amide bonds. The summed E-state index contributed by atoms with van der Waals surface area (Å²) >= 11 is 0. The van der Waals surface area contributed by atoms with Gasteiger partial charge in [-0.15, -0.1) is 0 Å². The van der Waals surface area contributed by atoms with Crippen molar-refractivity contribution in [2.24, 2.45) is 11.3 Å². The minimum absolute atomic E-state index is 0.600. The van der Waals surface area contributed by atoms with Gasteiger partial charge < -0.3 is 5.32 Å². The van der Waals surface area contributed by atoms with E-state index in [4.69, 9.17) is 0 Å². The second-order valence-corrected chi connectivity index (χ2v) is 6.54. The van der Waals surface area contributed by atoms with E-state index in [0.717, 1.165) is 18.4 Å². The first kappa shape index (κ1) is 11.3. The maximum absolute atomic E-state index is 3.61. The molecule has 1 N–H and O–H groups in total. The molecule has 92 valence electrons. The third-order valence-electron chi connectivity index (χ3n) is 4.44. The zero-order chi connectivity index (χ0) is 11.9. The standard InChI is InChI=1S/C16H23N/c1-16(2)9-15(16)11-17-10-12-4-3-5-14(8-12)13-6-7-13/h3-5,8,13,15,17H,6-7,9-11H2,1-2H3. The molecule has 0 heterocycles. The van der Waals surface area contributed by atoms with Gasteiger partial charge in [0.05, 0.1) is 0 Å². The van der Waals surface area contributed by atoms with Crippen LogP contribution in [0, 0.1) is 11.3 Å². The van der Waals surface area contributed by atoms with E-state index in [1.807, 2.05) is 0 Å². The van der Waals surface area contributed by atoms with Gasteiger partial charge in [-0.05, 0) is 54.2 Å². The van der Waals surface area contributed by atoms with Crippen molar-refractivity contribution in [3.05, 3.63) is 35.4 Å². The van der Waals surface area contributed by atoms with Crippen molar-refractivity contribution in [3.8, 4) is 0 Å². The molecule has 2 saturated carbocycles. The Balaban J connectivity index is 1.49. The molecule has 2 aliphatic rings. The summed E-state index contributed by atoms with van der Waals surface area (Å²) in [5.41, 5.74) is 3.60. The molecule has 3 rings (SSSR count). The van der Waals surface area contributed by atoms with Gasteiger partial charge in [-0.25, -0.2) is 0 Å². The van der Waals surface area contributed by atoms with Crippen LogP contribution < -0.4 is 5.32 Å². The molecule has 1 aromatic rings. The van der Waals surface area contributed by atoms with Crippen LogP contribution in [0.4, 0.5) is 0 Å². The lowest BCUT2D eigenvalue weighted by molar-refractivity contribution is 0.519. The Kier molecular flexibility index (Phi) is 2.74. The van der Waals surface area contributed by atoms with E-state index in [1.165, 1.54) is 31.4 Å². The van der Waals surface area contributed by atoms with E-state index in [9.17, 15) is 0 Å².